The number of amides is 1. The normalized spacial score (nSPS) is 18.0. The Hall–Kier alpha value is -1.04. The molecule has 0 atom stereocenters. The Bertz CT molecular complexity index is 259. The van der Waals surface area contributed by atoms with Crippen molar-refractivity contribution in [1.82, 2.24) is 5.32 Å². The highest BCUT2D eigenvalue weighted by Crippen LogP contribution is 2.40. The smallest absolute Gasteiger partial charge is 0.240 e. The fourth-order valence-corrected chi connectivity index (χ4v) is 1.90. The standard InChI is InChI=1S/C12H20N2O/c1-3-10(4-2)8-14-11(15)12(9-13)6-5-7-12/h10H,3-8H2,1-2H3,(H,14,15). The van der Waals surface area contributed by atoms with E-state index in [0.29, 0.717) is 5.92 Å². The number of nitriles is 1. The fourth-order valence-electron chi connectivity index (χ4n) is 1.90. The van der Waals surface area contributed by atoms with Crippen LogP contribution in [0.5, 0.6) is 0 Å². The Morgan fingerprint density at radius 2 is 2.07 bits per heavy atom. The Labute approximate surface area is 91.9 Å². The molecule has 0 unspecified atom stereocenters. The van der Waals surface area contributed by atoms with Crippen LogP contribution in [-0.2, 0) is 4.79 Å². The summed E-state index contributed by atoms with van der Waals surface area (Å²) in [5, 5.41) is 11.9. The van der Waals surface area contributed by atoms with Crippen molar-refractivity contribution >= 4 is 5.91 Å². The molecule has 1 amide bonds. The van der Waals surface area contributed by atoms with E-state index >= 15 is 0 Å². The quantitative estimate of drug-likeness (QED) is 0.753. The Morgan fingerprint density at radius 1 is 1.47 bits per heavy atom. The van der Waals surface area contributed by atoms with Crippen LogP contribution in [0.4, 0.5) is 0 Å². The van der Waals surface area contributed by atoms with E-state index in [9.17, 15) is 4.79 Å². The van der Waals surface area contributed by atoms with Crippen molar-refractivity contribution in [3.05, 3.63) is 0 Å². The topological polar surface area (TPSA) is 52.9 Å². The van der Waals surface area contributed by atoms with Gasteiger partial charge in [-0.2, -0.15) is 5.26 Å². The molecule has 1 saturated carbocycles. The molecule has 84 valence electrons. The molecule has 0 aromatic heterocycles. The van der Waals surface area contributed by atoms with Gasteiger partial charge >= 0.3 is 0 Å². The molecule has 0 radical (unpaired) electrons. The molecule has 0 heterocycles. The molecule has 0 aromatic carbocycles. The second kappa shape index (κ2) is 5.16. The first-order valence-corrected chi connectivity index (χ1v) is 5.88. The van der Waals surface area contributed by atoms with Crippen LogP contribution in [0, 0.1) is 22.7 Å². The zero-order valence-electron chi connectivity index (χ0n) is 9.68. The number of hydrogen-bond acceptors (Lipinski definition) is 2. The van der Waals surface area contributed by atoms with Gasteiger partial charge in [0.25, 0.3) is 0 Å². The van der Waals surface area contributed by atoms with Crippen molar-refractivity contribution in [2.75, 3.05) is 6.54 Å². The first-order chi connectivity index (χ1) is 7.18. The van der Waals surface area contributed by atoms with Crippen molar-refractivity contribution in [2.24, 2.45) is 11.3 Å². The minimum atomic E-state index is -0.688. The van der Waals surface area contributed by atoms with Crippen LogP contribution in [-0.4, -0.2) is 12.5 Å². The second-order valence-electron chi connectivity index (χ2n) is 4.44. The average molecular weight is 208 g/mol. The highest BCUT2D eigenvalue weighted by molar-refractivity contribution is 5.86. The Morgan fingerprint density at radius 3 is 2.40 bits per heavy atom. The third-order valence-electron chi connectivity index (χ3n) is 3.56. The lowest BCUT2D eigenvalue weighted by Crippen LogP contribution is -2.45. The van der Waals surface area contributed by atoms with Crippen molar-refractivity contribution in [1.29, 1.82) is 5.26 Å². The monoisotopic (exact) mass is 208 g/mol. The highest BCUT2D eigenvalue weighted by Gasteiger charge is 2.44. The minimum Gasteiger partial charge on any atom is -0.354 e. The summed E-state index contributed by atoms with van der Waals surface area (Å²) in [7, 11) is 0. The molecule has 1 rings (SSSR count). The molecule has 1 aliphatic rings. The van der Waals surface area contributed by atoms with Gasteiger partial charge < -0.3 is 5.32 Å². The lowest BCUT2D eigenvalue weighted by atomic mass is 9.69. The van der Waals surface area contributed by atoms with Gasteiger partial charge in [0.05, 0.1) is 6.07 Å². The van der Waals surface area contributed by atoms with Crippen LogP contribution < -0.4 is 5.32 Å². The van der Waals surface area contributed by atoms with Crippen molar-refractivity contribution in [3.63, 3.8) is 0 Å². The zero-order valence-corrected chi connectivity index (χ0v) is 9.68. The van der Waals surface area contributed by atoms with Gasteiger partial charge in [0.1, 0.15) is 5.41 Å². The predicted octanol–water partition coefficient (Wildman–Crippen LogP) is 2.23. The van der Waals surface area contributed by atoms with Gasteiger partial charge in [0, 0.05) is 6.54 Å². The van der Waals surface area contributed by atoms with Crippen LogP contribution in [0.25, 0.3) is 0 Å². The summed E-state index contributed by atoms with van der Waals surface area (Å²) < 4.78 is 0. The largest absolute Gasteiger partial charge is 0.354 e. The van der Waals surface area contributed by atoms with Crippen molar-refractivity contribution in [3.8, 4) is 6.07 Å². The third-order valence-corrected chi connectivity index (χ3v) is 3.56. The van der Waals surface area contributed by atoms with E-state index < -0.39 is 5.41 Å². The summed E-state index contributed by atoms with van der Waals surface area (Å²) >= 11 is 0. The van der Waals surface area contributed by atoms with Crippen LogP contribution in [0.3, 0.4) is 0 Å². The Balaban J connectivity index is 2.39. The molecular weight excluding hydrogens is 188 g/mol. The molecule has 3 nitrogen and oxygen atoms in total. The van der Waals surface area contributed by atoms with E-state index in [-0.39, 0.29) is 5.91 Å². The molecule has 0 bridgehead atoms. The van der Waals surface area contributed by atoms with Crippen molar-refractivity contribution < 1.29 is 4.79 Å². The summed E-state index contributed by atoms with van der Waals surface area (Å²) in [4.78, 5) is 11.8. The van der Waals surface area contributed by atoms with Crippen molar-refractivity contribution in [2.45, 2.75) is 46.0 Å². The molecule has 1 aliphatic carbocycles. The molecule has 0 saturated heterocycles. The first-order valence-electron chi connectivity index (χ1n) is 5.88. The van der Waals surface area contributed by atoms with Gasteiger partial charge in [-0.3, -0.25) is 4.79 Å². The minimum absolute atomic E-state index is 0.0526. The van der Waals surface area contributed by atoms with Gasteiger partial charge in [0.15, 0.2) is 0 Å². The number of rotatable bonds is 5. The molecule has 15 heavy (non-hydrogen) atoms. The van der Waals surface area contributed by atoms with Gasteiger partial charge in [-0.15, -0.1) is 0 Å². The van der Waals surface area contributed by atoms with Crippen LogP contribution >= 0.6 is 0 Å². The summed E-state index contributed by atoms with van der Waals surface area (Å²) in [5.41, 5.74) is -0.688. The van der Waals surface area contributed by atoms with Gasteiger partial charge in [-0.1, -0.05) is 26.7 Å². The molecule has 3 heteroatoms. The molecule has 0 aromatic rings. The van der Waals surface area contributed by atoms with E-state index in [4.69, 9.17) is 5.26 Å². The molecule has 1 N–H and O–H groups in total. The maximum atomic E-state index is 11.8. The number of nitrogens with one attached hydrogen (secondary N) is 1. The van der Waals surface area contributed by atoms with E-state index in [1.165, 1.54) is 0 Å². The van der Waals surface area contributed by atoms with Crippen LogP contribution in [0.15, 0.2) is 0 Å². The van der Waals surface area contributed by atoms with E-state index in [1.54, 1.807) is 0 Å². The second-order valence-corrected chi connectivity index (χ2v) is 4.44. The number of carbonyl (C=O) groups excluding carboxylic acids is 1. The number of hydrogen-bond donors (Lipinski definition) is 1. The lowest BCUT2D eigenvalue weighted by molar-refractivity contribution is -0.131. The summed E-state index contributed by atoms with van der Waals surface area (Å²) in [6, 6.07) is 2.16. The van der Waals surface area contributed by atoms with Gasteiger partial charge in [0.2, 0.25) is 5.91 Å². The SMILES string of the molecule is CCC(CC)CNC(=O)C1(C#N)CCC1. The average Bonchev–Trinajstić information content (AvgIpc) is 2.18. The van der Waals surface area contributed by atoms with Crippen LogP contribution in [0.1, 0.15) is 46.0 Å². The third kappa shape index (κ3) is 2.50. The summed E-state index contributed by atoms with van der Waals surface area (Å²) in [6.07, 6.45) is 4.63. The fraction of sp³-hybridized carbons (Fsp3) is 0.833. The summed E-state index contributed by atoms with van der Waals surface area (Å²) in [5.74, 6) is 0.493. The van der Waals surface area contributed by atoms with E-state index in [0.717, 1.165) is 38.6 Å². The molecule has 1 fully saturated rings. The van der Waals surface area contributed by atoms with Gasteiger partial charge in [-0.25, -0.2) is 0 Å². The molecular formula is C12H20N2O. The lowest BCUT2D eigenvalue weighted by Gasteiger charge is -2.33. The number of carbonyl (C=O) groups is 1. The van der Waals surface area contributed by atoms with E-state index in [2.05, 4.69) is 25.2 Å². The highest BCUT2D eigenvalue weighted by atomic mass is 16.2. The summed E-state index contributed by atoms with van der Waals surface area (Å²) in [6.45, 7) is 4.97. The van der Waals surface area contributed by atoms with Gasteiger partial charge in [-0.05, 0) is 25.2 Å². The zero-order chi connectivity index (χ0) is 11.3. The maximum absolute atomic E-state index is 11.8. The van der Waals surface area contributed by atoms with E-state index in [1.807, 2.05) is 0 Å². The Kier molecular flexibility index (Phi) is 4.14. The molecule has 0 spiro atoms. The maximum Gasteiger partial charge on any atom is 0.240 e. The first kappa shape index (κ1) is 12.0. The predicted molar refractivity (Wildman–Crippen MR) is 59.0 cm³/mol. The van der Waals surface area contributed by atoms with Crippen LogP contribution in [0.2, 0.25) is 0 Å². The number of nitrogens with zero attached hydrogens (tertiary/aromatic N) is 1. The molecule has 0 aliphatic heterocycles.